The first kappa shape index (κ1) is 13.0. The summed E-state index contributed by atoms with van der Waals surface area (Å²) in [5.41, 5.74) is 2.05. The molecule has 0 saturated heterocycles. The average Bonchev–Trinajstić information content (AvgIpc) is 2.93. The molecule has 1 heterocycles. The lowest BCUT2D eigenvalue weighted by atomic mass is 10.2. The number of nitrogens with zero attached hydrogens (tertiary/aromatic N) is 1. The Morgan fingerprint density at radius 2 is 1.95 bits per heavy atom. The molecule has 0 fully saturated rings. The van der Waals surface area contributed by atoms with E-state index >= 15 is 0 Å². The number of ketones is 1. The normalized spacial score (nSPS) is 10.6. The van der Waals surface area contributed by atoms with Crippen molar-refractivity contribution in [2.75, 3.05) is 24.3 Å². The molecule has 2 rings (SSSR count). The van der Waals surface area contributed by atoms with Crippen LogP contribution in [0.1, 0.15) is 10.6 Å². The fourth-order valence-corrected chi connectivity index (χ4v) is 1.57. The second-order valence-electron chi connectivity index (χ2n) is 4.26. The highest BCUT2D eigenvalue weighted by Gasteiger charge is 2.03. The van der Waals surface area contributed by atoms with Crippen molar-refractivity contribution < 1.29 is 9.21 Å². The Morgan fingerprint density at radius 3 is 2.53 bits per heavy atom. The van der Waals surface area contributed by atoms with Crippen LogP contribution < -0.4 is 10.2 Å². The number of nitrogens with one attached hydrogen (secondary N) is 1. The third-order valence-corrected chi connectivity index (χ3v) is 2.63. The summed E-state index contributed by atoms with van der Waals surface area (Å²) >= 11 is 0. The van der Waals surface area contributed by atoms with E-state index in [9.17, 15) is 4.79 Å². The number of hydrogen-bond acceptors (Lipinski definition) is 4. The van der Waals surface area contributed by atoms with Crippen molar-refractivity contribution in [1.29, 1.82) is 0 Å². The first-order valence-corrected chi connectivity index (χ1v) is 5.95. The van der Waals surface area contributed by atoms with Crippen molar-refractivity contribution in [3.63, 3.8) is 0 Å². The zero-order valence-electron chi connectivity index (χ0n) is 11.0. The highest BCUT2D eigenvalue weighted by Crippen LogP contribution is 2.15. The molecule has 98 valence electrons. The lowest BCUT2D eigenvalue weighted by Crippen LogP contribution is -2.08. The first-order valence-electron chi connectivity index (χ1n) is 5.95. The van der Waals surface area contributed by atoms with E-state index in [1.54, 1.807) is 18.3 Å². The van der Waals surface area contributed by atoms with Gasteiger partial charge in [0.1, 0.15) is 0 Å². The molecular weight excluding hydrogens is 240 g/mol. The van der Waals surface area contributed by atoms with Gasteiger partial charge in [-0.2, -0.15) is 0 Å². The summed E-state index contributed by atoms with van der Waals surface area (Å²) in [4.78, 5) is 13.6. The van der Waals surface area contributed by atoms with Gasteiger partial charge in [-0.15, -0.1) is 0 Å². The largest absolute Gasteiger partial charge is 0.461 e. The lowest BCUT2D eigenvalue weighted by molar-refractivity contribution is 0.102. The van der Waals surface area contributed by atoms with Crippen molar-refractivity contribution >= 4 is 17.2 Å². The van der Waals surface area contributed by atoms with Crippen LogP contribution in [-0.2, 0) is 0 Å². The minimum absolute atomic E-state index is 0.164. The Morgan fingerprint density at radius 1 is 1.21 bits per heavy atom. The van der Waals surface area contributed by atoms with Gasteiger partial charge < -0.3 is 14.6 Å². The molecule has 0 bridgehead atoms. The summed E-state index contributed by atoms with van der Waals surface area (Å²) in [5.74, 6) is 0.170. The second-order valence-corrected chi connectivity index (χ2v) is 4.26. The topological polar surface area (TPSA) is 45.5 Å². The van der Waals surface area contributed by atoms with E-state index in [0.29, 0.717) is 5.76 Å². The van der Waals surface area contributed by atoms with Crippen molar-refractivity contribution in [2.24, 2.45) is 0 Å². The lowest BCUT2D eigenvalue weighted by Gasteiger charge is -2.12. The molecule has 19 heavy (non-hydrogen) atoms. The van der Waals surface area contributed by atoms with Gasteiger partial charge in [0.2, 0.25) is 5.78 Å². The zero-order valence-corrected chi connectivity index (χ0v) is 11.0. The third kappa shape index (κ3) is 3.48. The molecular formula is C15H16N2O2. The van der Waals surface area contributed by atoms with Crippen LogP contribution in [0, 0.1) is 0 Å². The van der Waals surface area contributed by atoms with Crippen LogP contribution >= 0.6 is 0 Å². The van der Waals surface area contributed by atoms with Crippen LogP contribution in [0.5, 0.6) is 0 Å². The minimum Gasteiger partial charge on any atom is -0.461 e. The summed E-state index contributed by atoms with van der Waals surface area (Å²) in [6.07, 6.45) is 4.53. The van der Waals surface area contributed by atoms with E-state index in [0.717, 1.165) is 11.4 Å². The fourth-order valence-electron chi connectivity index (χ4n) is 1.57. The molecule has 1 N–H and O–H groups in total. The van der Waals surface area contributed by atoms with Gasteiger partial charge in [0.25, 0.3) is 0 Å². The monoisotopic (exact) mass is 256 g/mol. The number of hydrogen-bond donors (Lipinski definition) is 1. The molecule has 1 aromatic carbocycles. The van der Waals surface area contributed by atoms with Crippen LogP contribution in [0.25, 0.3) is 0 Å². The standard InChI is InChI=1S/C15H16N2O2/c1-17(2)13-7-5-12(6-8-13)16-10-9-14(18)15-4-3-11-19-15/h3-11,16H,1-2H3/b10-9+. The van der Waals surface area contributed by atoms with E-state index in [2.05, 4.69) is 5.32 Å². The SMILES string of the molecule is CN(C)c1ccc(N/C=C/C(=O)c2ccco2)cc1. The van der Waals surface area contributed by atoms with Gasteiger partial charge in [0.15, 0.2) is 5.76 Å². The number of carbonyl (C=O) groups is 1. The van der Waals surface area contributed by atoms with Crippen LogP contribution in [0.2, 0.25) is 0 Å². The molecule has 0 saturated carbocycles. The minimum atomic E-state index is -0.164. The molecule has 4 heteroatoms. The average molecular weight is 256 g/mol. The van der Waals surface area contributed by atoms with Crippen LogP contribution in [0.15, 0.2) is 59.4 Å². The van der Waals surface area contributed by atoms with Crippen molar-refractivity contribution in [2.45, 2.75) is 0 Å². The van der Waals surface area contributed by atoms with Crippen LogP contribution in [0.4, 0.5) is 11.4 Å². The summed E-state index contributed by atoms with van der Waals surface area (Å²) in [6, 6.07) is 11.2. The molecule has 1 aromatic heterocycles. The molecule has 0 spiro atoms. The Balaban J connectivity index is 1.93. The third-order valence-electron chi connectivity index (χ3n) is 2.63. The molecule has 0 radical (unpaired) electrons. The number of carbonyl (C=O) groups excluding carboxylic acids is 1. The summed E-state index contributed by atoms with van der Waals surface area (Å²) in [5, 5.41) is 3.04. The van der Waals surface area contributed by atoms with E-state index in [1.165, 1.54) is 12.3 Å². The van der Waals surface area contributed by atoms with Crippen molar-refractivity contribution in [3.8, 4) is 0 Å². The molecule has 0 aliphatic rings. The molecule has 0 amide bonds. The van der Waals surface area contributed by atoms with Gasteiger partial charge in [-0.25, -0.2) is 0 Å². The highest BCUT2D eigenvalue weighted by atomic mass is 16.3. The number of rotatable bonds is 5. The van der Waals surface area contributed by atoms with E-state index in [-0.39, 0.29) is 5.78 Å². The smallest absolute Gasteiger partial charge is 0.222 e. The van der Waals surface area contributed by atoms with E-state index in [4.69, 9.17) is 4.42 Å². The number of benzene rings is 1. The summed E-state index contributed by atoms with van der Waals surface area (Å²) < 4.78 is 5.01. The van der Waals surface area contributed by atoms with Crippen LogP contribution in [0.3, 0.4) is 0 Å². The molecule has 2 aromatic rings. The molecule has 4 nitrogen and oxygen atoms in total. The zero-order chi connectivity index (χ0) is 13.7. The Kier molecular flexibility index (Phi) is 4.03. The molecule has 0 aliphatic heterocycles. The van der Waals surface area contributed by atoms with Gasteiger partial charge in [-0.1, -0.05) is 0 Å². The van der Waals surface area contributed by atoms with Gasteiger partial charge in [-0.05, 0) is 36.4 Å². The van der Waals surface area contributed by atoms with Crippen molar-refractivity contribution in [3.05, 3.63) is 60.7 Å². The Bertz CT molecular complexity index is 554. The number of allylic oxidation sites excluding steroid dienone is 1. The maximum absolute atomic E-state index is 11.6. The van der Waals surface area contributed by atoms with Gasteiger partial charge in [0, 0.05) is 37.7 Å². The van der Waals surface area contributed by atoms with E-state index in [1.807, 2.05) is 43.3 Å². The molecule has 0 aliphatic carbocycles. The molecule has 0 atom stereocenters. The Hall–Kier alpha value is -2.49. The Labute approximate surface area is 112 Å². The fraction of sp³-hybridized carbons (Fsp3) is 0.133. The van der Waals surface area contributed by atoms with Crippen molar-refractivity contribution in [1.82, 2.24) is 0 Å². The highest BCUT2D eigenvalue weighted by molar-refractivity contribution is 6.02. The molecule has 0 unspecified atom stereocenters. The van der Waals surface area contributed by atoms with Crippen LogP contribution in [-0.4, -0.2) is 19.9 Å². The maximum Gasteiger partial charge on any atom is 0.222 e. The predicted octanol–water partition coefficient (Wildman–Crippen LogP) is 3.15. The number of anilines is 2. The predicted molar refractivity (Wildman–Crippen MR) is 76.6 cm³/mol. The quantitative estimate of drug-likeness (QED) is 0.659. The van der Waals surface area contributed by atoms with E-state index < -0.39 is 0 Å². The number of furan rings is 1. The van der Waals surface area contributed by atoms with Gasteiger partial charge >= 0.3 is 0 Å². The maximum atomic E-state index is 11.6. The second kappa shape index (κ2) is 5.91. The summed E-state index contributed by atoms with van der Waals surface area (Å²) in [6.45, 7) is 0. The van der Waals surface area contributed by atoms with Gasteiger partial charge in [0.05, 0.1) is 6.26 Å². The van der Waals surface area contributed by atoms with Gasteiger partial charge in [-0.3, -0.25) is 4.79 Å². The summed E-state index contributed by atoms with van der Waals surface area (Å²) in [7, 11) is 3.98. The first-order chi connectivity index (χ1) is 9.16.